The van der Waals surface area contributed by atoms with Crippen molar-refractivity contribution in [2.24, 2.45) is 0 Å². The lowest BCUT2D eigenvalue weighted by molar-refractivity contribution is -0.274. The standard InChI is InChI=1S/C18H12F3NO3/c19-18(20,21)25-16-7-5-15(6-8-16)22-10-9-14(11-22)12-1-3-13(4-2-12)17(23)24/h1-11H,(H,23,24). The van der Waals surface area contributed by atoms with E-state index in [1.54, 1.807) is 29.1 Å². The van der Waals surface area contributed by atoms with Crippen molar-refractivity contribution in [2.45, 2.75) is 6.36 Å². The molecular weight excluding hydrogens is 335 g/mol. The highest BCUT2D eigenvalue weighted by atomic mass is 19.4. The van der Waals surface area contributed by atoms with Gasteiger partial charge in [0.2, 0.25) is 0 Å². The van der Waals surface area contributed by atoms with Crippen LogP contribution in [0.3, 0.4) is 0 Å². The molecular formula is C18H12F3NO3. The van der Waals surface area contributed by atoms with Gasteiger partial charge in [0.1, 0.15) is 5.75 Å². The van der Waals surface area contributed by atoms with Crippen LogP contribution >= 0.6 is 0 Å². The predicted octanol–water partition coefficient (Wildman–Crippen LogP) is 4.74. The van der Waals surface area contributed by atoms with Crippen molar-refractivity contribution in [3.63, 3.8) is 0 Å². The van der Waals surface area contributed by atoms with Gasteiger partial charge in [-0.15, -0.1) is 13.2 Å². The molecule has 3 aromatic rings. The Balaban J connectivity index is 1.80. The zero-order chi connectivity index (χ0) is 18.0. The van der Waals surface area contributed by atoms with Crippen molar-refractivity contribution in [3.05, 3.63) is 72.6 Å². The largest absolute Gasteiger partial charge is 0.573 e. The Bertz CT molecular complexity index is 881. The smallest absolute Gasteiger partial charge is 0.478 e. The maximum Gasteiger partial charge on any atom is 0.573 e. The molecule has 0 saturated heterocycles. The van der Waals surface area contributed by atoms with Gasteiger partial charge in [-0.1, -0.05) is 12.1 Å². The number of alkyl halides is 3. The number of benzene rings is 2. The minimum atomic E-state index is -4.72. The molecule has 25 heavy (non-hydrogen) atoms. The number of carboxylic acid groups (broad SMARTS) is 1. The Morgan fingerprint density at radius 1 is 0.920 bits per heavy atom. The van der Waals surface area contributed by atoms with E-state index >= 15 is 0 Å². The van der Waals surface area contributed by atoms with Crippen LogP contribution in [-0.2, 0) is 0 Å². The first-order valence-electron chi connectivity index (χ1n) is 7.20. The first-order chi connectivity index (χ1) is 11.8. The van der Waals surface area contributed by atoms with Crippen LogP contribution in [0, 0.1) is 0 Å². The summed E-state index contributed by atoms with van der Waals surface area (Å²) in [7, 11) is 0. The summed E-state index contributed by atoms with van der Waals surface area (Å²) in [4.78, 5) is 10.9. The van der Waals surface area contributed by atoms with E-state index in [1.165, 1.54) is 36.4 Å². The van der Waals surface area contributed by atoms with Crippen LogP contribution in [0.5, 0.6) is 5.75 Å². The summed E-state index contributed by atoms with van der Waals surface area (Å²) >= 11 is 0. The average Bonchev–Trinajstić information content (AvgIpc) is 3.04. The Morgan fingerprint density at radius 3 is 2.12 bits per heavy atom. The van der Waals surface area contributed by atoms with Gasteiger partial charge in [-0.25, -0.2) is 4.79 Å². The Morgan fingerprint density at radius 2 is 1.56 bits per heavy atom. The van der Waals surface area contributed by atoms with Crippen LogP contribution in [0.4, 0.5) is 13.2 Å². The van der Waals surface area contributed by atoms with Crippen LogP contribution in [0.15, 0.2) is 67.0 Å². The number of nitrogens with zero attached hydrogens (tertiary/aromatic N) is 1. The highest BCUT2D eigenvalue weighted by Gasteiger charge is 2.30. The summed E-state index contributed by atoms with van der Waals surface area (Å²) in [6.45, 7) is 0. The van der Waals surface area contributed by atoms with Crippen LogP contribution in [-0.4, -0.2) is 22.0 Å². The van der Waals surface area contributed by atoms with E-state index in [0.717, 1.165) is 11.1 Å². The van der Waals surface area contributed by atoms with Crippen LogP contribution in [0.25, 0.3) is 16.8 Å². The van der Waals surface area contributed by atoms with Gasteiger partial charge in [0.05, 0.1) is 5.56 Å². The zero-order valence-corrected chi connectivity index (χ0v) is 12.7. The van der Waals surface area contributed by atoms with Crippen LogP contribution in [0.2, 0.25) is 0 Å². The Kier molecular flexibility index (Phi) is 4.22. The minimum absolute atomic E-state index is 0.198. The summed E-state index contributed by atoms with van der Waals surface area (Å²) in [5.74, 6) is -1.28. The van der Waals surface area contributed by atoms with Gasteiger partial charge in [-0.3, -0.25) is 0 Å². The number of halogens is 3. The second kappa shape index (κ2) is 6.35. The van der Waals surface area contributed by atoms with E-state index in [0.29, 0.717) is 5.69 Å². The number of aromatic carboxylic acids is 1. The van der Waals surface area contributed by atoms with E-state index in [1.807, 2.05) is 6.07 Å². The number of carboxylic acids is 1. The van der Waals surface area contributed by atoms with Gasteiger partial charge in [0, 0.05) is 18.1 Å². The third-order valence-electron chi connectivity index (χ3n) is 3.53. The average molecular weight is 347 g/mol. The number of hydrogen-bond acceptors (Lipinski definition) is 2. The molecule has 1 aromatic heterocycles. The first-order valence-corrected chi connectivity index (χ1v) is 7.20. The van der Waals surface area contributed by atoms with Gasteiger partial charge < -0.3 is 14.4 Å². The molecule has 128 valence electrons. The fourth-order valence-corrected chi connectivity index (χ4v) is 2.35. The molecule has 0 aliphatic carbocycles. The fraction of sp³-hybridized carbons (Fsp3) is 0.0556. The monoisotopic (exact) mass is 347 g/mol. The molecule has 0 atom stereocenters. The number of aromatic nitrogens is 1. The number of rotatable bonds is 4. The van der Waals surface area contributed by atoms with Crippen molar-refractivity contribution < 1.29 is 27.8 Å². The lowest BCUT2D eigenvalue weighted by atomic mass is 10.1. The molecule has 0 aliphatic heterocycles. The maximum absolute atomic E-state index is 12.2. The van der Waals surface area contributed by atoms with E-state index in [9.17, 15) is 18.0 Å². The number of hydrogen-bond donors (Lipinski definition) is 1. The molecule has 0 unspecified atom stereocenters. The van der Waals surface area contributed by atoms with Crippen molar-refractivity contribution in [1.29, 1.82) is 0 Å². The van der Waals surface area contributed by atoms with Crippen molar-refractivity contribution in [3.8, 4) is 22.6 Å². The van der Waals surface area contributed by atoms with E-state index in [2.05, 4.69) is 4.74 Å². The van der Waals surface area contributed by atoms with E-state index < -0.39 is 12.3 Å². The second-order valence-corrected chi connectivity index (χ2v) is 5.23. The topological polar surface area (TPSA) is 51.5 Å². The van der Waals surface area contributed by atoms with Gasteiger partial charge in [0.25, 0.3) is 0 Å². The molecule has 0 amide bonds. The van der Waals surface area contributed by atoms with Gasteiger partial charge in [-0.2, -0.15) is 0 Å². The molecule has 0 bridgehead atoms. The molecule has 0 aliphatic rings. The third kappa shape index (κ3) is 4.00. The molecule has 1 heterocycles. The van der Waals surface area contributed by atoms with Crippen LogP contribution < -0.4 is 4.74 Å². The zero-order valence-electron chi connectivity index (χ0n) is 12.7. The molecule has 0 fully saturated rings. The third-order valence-corrected chi connectivity index (χ3v) is 3.53. The molecule has 0 spiro atoms. The molecule has 3 rings (SSSR count). The van der Waals surface area contributed by atoms with E-state index in [4.69, 9.17) is 5.11 Å². The quantitative estimate of drug-likeness (QED) is 0.742. The van der Waals surface area contributed by atoms with Crippen molar-refractivity contribution in [1.82, 2.24) is 4.57 Å². The maximum atomic E-state index is 12.2. The second-order valence-electron chi connectivity index (χ2n) is 5.23. The lowest BCUT2D eigenvalue weighted by Crippen LogP contribution is -2.17. The first kappa shape index (κ1) is 16.6. The van der Waals surface area contributed by atoms with E-state index in [-0.39, 0.29) is 11.3 Å². The summed E-state index contributed by atoms with van der Waals surface area (Å²) < 4.78 is 42.1. The number of ether oxygens (including phenoxy) is 1. The predicted molar refractivity (Wildman–Crippen MR) is 84.8 cm³/mol. The highest BCUT2D eigenvalue weighted by molar-refractivity contribution is 5.88. The lowest BCUT2D eigenvalue weighted by Gasteiger charge is -2.09. The van der Waals surface area contributed by atoms with Crippen molar-refractivity contribution in [2.75, 3.05) is 0 Å². The summed E-state index contributed by atoms with van der Waals surface area (Å²) in [6, 6.07) is 13.8. The Labute approximate surface area is 140 Å². The molecule has 0 radical (unpaired) electrons. The summed E-state index contributed by atoms with van der Waals surface area (Å²) in [6.07, 6.45) is -1.15. The fourth-order valence-electron chi connectivity index (χ4n) is 2.35. The van der Waals surface area contributed by atoms with Crippen molar-refractivity contribution >= 4 is 5.97 Å². The summed E-state index contributed by atoms with van der Waals surface area (Å²) in [5, 5.41) is 8.91. The van der Waals surface area contributed by atoms with Crippen LogP contribution in [0.1, 0.15) is 10.4 Å². The molecule has 0 saturated carbocycles. The molecule has 4 nitrogen and oxygen atoms in total. The minimum Gasteiger partial charge on any atom is -0.478 e. The molecule has 7 heteroatoms. The Hall–Kier alpha value is -3.22. The highest BCUT2D eigenvalue weighted by Crippen LogP contribution is 2.25. The number of carbonyl (C=O) groups is 1. The molecule has 2 aromatic carbocycles. The summed E-state index contributed by atoms with van der Waals surface area (Å²) in [5.41, 5.74) is 2.56. The SMILES string of the molecule is O=C(O)c1ccc(-c2ccn(-c3ccc(OC(F)(F)F)cc3)c2)cc1. The molecule has 1 N–H and O–H groups in total. The van der Waals surface area contributed by atoms with Gasteiger partial charge in [0.15, 0.2) is 0 Å². The normalized spacial score (nSPS) is 11.3. The van der Waals surface area contributed by atoms with Gasteiger partial charge >= 0.3 is 12.3 Å². The van der Waals surface area contributed by atoms with Gasteiger partial charge in [-0.05, 0) is 53.6 Å².